The van der Waals surface area contributed by atoms with Crippen LogP contribution in [0.1, 0.15) is 28.5 Å². The van der Waals surface area contributed by atoms with E-state index in [1.807, 2.05) is 24.3 Å². The van der Waals surface area contributed by atoms with Gasteiger partial charge in [-0.25, -0.2) is 4.39 Å². The number of carbonyl (C=O) groups is 1. The lowest BCUT2D eigenvalue weighted by Gasteiger charge is -2.06. The SMILES string of the molecule is CCc1ccc(-c2cc(F)cc3c(C)c(C(N)=O)[nH]c23)cc1. The molecule has 1 amide bonds. The first kappa shape index (κ1) is 14.3. The van der Waals surface area contributed by atoms with Crippen molar-refractivity contribution in [3.63, 3.8) is 0 Å². The molecule has 1 heterocycles. The second kappa shape index (κ2) is 5.30. The van der Waals surface area contributed by atoms with Crippen molar-refractivity contribution in [2.24, 2.45) is 5.73 Å². The lowest BCUT2D eigenvalue weighted by molar-refractivity contribution is 0.0996. The Morgan fingerprint density at radius 3 is 2.50 bits per heavy atom. The molecule has 0 bridgehead atoms. The number of H-pyrrole nitrogens is 1. The largest absolute Gasteiger partial charge is 0.364 e. The Morgan fingerprint density at radius 2 is 1.91 bits per heavy atom. The number of nitrogens with two attached hydrogens (primary N) is 1. The molecule has 0 atom stereocenters. The maximum absolute atomic E-state index is 14.0. The van der Waals surface area contributed by atoms with Crippen LogP contribution >= 0.6 is 0 Å². The van der Waals surface area contributed by atoms with Crippen LogP contribution in [0.3, 0.4) is 0 Å². The summed E-state index contributed by atoms with van der Waals surface area (Å²) in [6, 6.07) is 10.9. The average Bonchev–Trinajstić information content (AvgIpc) is 2.84. The topological polar surface area (TPSA) is 58.9 Å². The van der Waals surface area contributed by atoms with Gasteiger partial charge in [-0.3, -0.25) is 4.79 Å². The first-order valence-corrected chi connectivity index (χ1v) is 7.22. The van der Waals surface area contributed by atoms with Crippen molar-refractivity contribution in [3.8, 4) is 11.1 Å². The van der Waals surface area contributed by atoms with Gasteiger partial charge in [0.25, 0.3) is 5.91 Å². The predicted molar refractivity (Wildman–Crippen MR) is 86.3 cm³/mol. The van der Waals surface area contributed by atoms with Crippen molar-refractivity contribution in [2.45, 2.75) is 20.3 Å². The highest BCUT2D eigenvalue weighted by molar-refractivity contribution is 6.04. The Kier molecular flexibility index (Phi) is 3.45. The summed E-state index contributed by atoms with van der Waals surface area (Å²) in [7, 11) is 0. The minimum absolute atomic E-state index is 0.326. The number of fused-ring (bicyclic) bond motifs is 1. The van der Waals surface area contributed by atoms with E-state index in [0.717, 1.165) is 23.1 Å². The quantitative estimate of drug-likeness (QED) is 0.755. The van der Waals surface area contributed by atoms with E-state index in [0.29, 0.717) is 16.6 Å². The van der Waals surface area contributed by atoms with E-state index in [2.05, 4.69) is 11.9 Å². The van der Waals surface area contributed by atoms with Crippen molar-refractivity contribution in [2.75, 3.05) is 0 Å². The maximum atomic E-state index is 14.0. The van der Waals surface area contributed by atoms with Gasteiger partial charge in [-0.05, 0) is 42.2 Å². The Hall–Kier alpha value is -2.62. The van der Waals surface area contributed by atoms with Gasteiger partial charge in [-0.2, -0.15) is 0 Å². The Balaban J connectivity index is 2.28. The number of hydrogen-bond acceptors (Lipinski definition) is 1. The molecular weight excluding hydrogens is 279 g/mol. The highest BCUT2D eigenvalue weighted by Crippen LogP contribution is 2.32. The average molecular weight is 296 g/mol. The van der Waals surface area contributed by atoms with Crippen LogP contribution in [-0.2, 0) is 6.42 Å². The lowest BCUT2D eigenvalue weighted by atomic mass is 10.00. The van der Waals surface area contributed by atoms with Crippen LogP contribution in [0.25, 0.3) is 22.0 Å². The van der Waals surface area contributed by atoms with Crippen LogP contribution in [0.5, 0.6) is 0 Å². The maximum Gasteiger partial charge on any atom is 0.265 e. The number of halogens is 1. The van der Waals surface area contributed by atoms with Gasteiger partial charge in [0.1, 0.15) is 11.5 Å². The van der Waals surface area contributed by atoms with Crippen LogP contribution in [0.15, 0.2) is 36.4 Å². The van der Waals surface area contributed by atoms with Crippen molar-refractivity contribution >= 4 is 16.8 Å². The monoisotopic (exact) mass is 296 g/mol. The third kappa shape index (κ3) is 2.26. The second-order valence-electron chi connectivity index (χ2n) is 5.42. The molecule has 112 valence electrons. The Morgan fingerprint density at radius 1 is 1.23 bits per heavy atom. The molecule has 0 aliphatic carbocycles. The number of aryl methyl sites for hydroxylation is 2. The van der Waals surface area contributed by atoms with Gasteiger partial charge in [0, 0.05) is 10.9 Å². The summed E-state index contributed by atoms with van der Waals surface area (Å²) in [5, 5.41) is 0.684. The van der Waals surface area contributed by atoms with Gasteiger partial charge in [-0.15, -0.1) is 0 Å². The fourth-order valence-electron chi connectivity index (χ4n) is 2.78. The highest BCUT2D eigenvalue weighted by Gasteiger charge is 2.16. The molecule has 22 heavy (non-hydrogen) atoms. The number of nitrogens with one attached hydrogen (secondary N) is 1. The molecule has 3 aromatic rings. The summed E-state index contributed by atoms with van der Waals surface area (Å²) in [6.45, 7) is 3.85. The number of aromatic amines is 1. The summed E-state index contributed by atoms with van der Waals surface area (Å²) in [5.41, 5.74) is 9.96. The van der Waals surface area contributed by atoms with E-state index in [4.69, 9.17) is 5.73 Å². The number of benzene rings is 2. The van der Waals surface area contributed by atoms with Gasteiger partial charge in [0.05, 0.1) is 5.52 Å². The van der Waals surface area contributed by atoms with Crippen LogP contribution < -0.4 is 5.73 Å². The molecule has 0 fully saturated rings. The summed E-state index contributed by atoms with van der Waals surface area (Å²) in [4.78, 5) is 14.5. The predicted octanol–water partition coefficient (Wildman–Crippen LogP) is 3.94. The first-order valence-electron chi connectivity index (χ1n) is 7.22. The third-order valence-electron chi connectivity index (χ3n) is 4.05. The minimum atomic E-state index is -0.540. The standard InChI is InChI=1S/C18H17FN2O/c1-3-11-4-6-12(7-5-11)15-9-13(19)8-14-10(2)16(18(20)22)21-17(14)15/h4-9,21H,3H2,1-2H3,(H2,20,22). The molecule has 2 aromatic carbocycles. The minimum Gasteiger partial charge on any atom is -0.364 e. The summed E-state index contributed by atoms with van der Waals surface area (Å²) in [5.74, 6) is -0.874. The van der Waals surface area contributed by atoms with Gasteiger partial charge >= 0.3 is 0 Å². The molecule has 3 rings (SSSR count). The smallest absolute Gasteiger partial charge is 0.265 e. The van der Waals surface area contributed by atoms with Crippen LogP contribution in [0.4, 0.5) is 4.39 Å². The molecule has 3 N–H and O–H groups in total. The number of amides is 1. The van der Waals surface area contributed by atoms with Crippen LogP contribution in [0, 0.1) is 12.7 Å². The van der Waals surface area contributed by atoms with Crippen LogP contribution in [0.2, 0.25) is 0 Å². The zero-order valence-electron chi connectivity index (χ0n) is 12.5. The normalized spacial score (nSPS) is 11.0. The molecule has 0 aliphatic rings. The molecular formula is C18H17FN2O. The molecule has 0 aliphatic heterocycles. The number of rotatable bonds is 3. The van der Waals surface area contributed by atoms with Crippen molar-refractivity contribution < 1.29 is 9.18 Å². The highest BCUT2D eigenvalue weighted by atomic mass is 19.1. The summed E-state index contributed by atoms with van der Waals surface area (Å²) in [6.07, 6.45) is 0.951. The van der Waals surface area contributed by atoms with Crippen molar-refractivity contribution in [1.29, 1.82) is 0 Å². The molecule has 0 unspecified atom stereocenters. The first-order chi connectivity index (χ1) is 10.5. The molecule has 0 saturated heterocycles. The number of primary amides is 1. The van der Waals surface area contributed by atoms with Gasteiger partial charge < -0.3 is 10.7 Å². The molecule has 0 saturated carbocycles. The summed E-state index contributed by atoms with van der Waals surface area (Å²) < 4.78 is 14.0. The molecule has 1 aromatic heterocycles. The van der Waals surface area contributed by atoms with Crippen molar-refractivity contribution in [3.05, 3.63) is 59.0 Å². The fourth-order valence-corrected chi connectivity index (χ4v) is 2.78. The zero-order chi connectivity index (χ0) is 15.9. The van der Waals surface area contributed by atoms with E-state index >= 15 is 0 Å². The van der Waals surface area contributed by atoms with E-state index in [1.165, 1.54) is 17.7 Å². The van der Waals surface area contributed by atoms with E-state index < -0.39 is 5.91 Å². The van der Waals surface area contributed by atoms with Crippen LogP contribution in [-0.4, -0.2) is 10.9 Å². The van der Waals surface area contributed by atoms with Crippen molar-refractivity contribution in [1.82, 2.24) is 4.98 Å². The Bertz CT molecular complexity index is 863. The van der Waals surface area contributed by atoms with E-state index in [1.54, 1.807) is 6.92 Å². The number of hydrogen-bond donors (Lipinski definition) is 2. The zero-order valence-corrected chi connectivity index (χ0v) is 12.5. The second-order valence-corrected chi connectivity index (χ2v) is 5.42. The van der Waals surface area contributed by atoms with Gasteiger partial charge in [0.2, 0.25) is 0 Å². The summed E-state index contributed by atoms with van der Waals surface area (Å²) >= 11 is 0. The fraction of sp³-hybridized carbons (Fsp3) is 0.167. The van der Waals surface area contributed by atoms with Gasteiger partial charge in [0.15, 0.2) is 0 Å². The number of carbonyl (C=O) groups excluding carboxylic acids is 1. The van der Waals surface area contributed by atoms with E-state index in [-0.39, 0.29) is 5.82 Å². The molecule has 0 radical (unpaired) electrons. The number of aromatic nitrogens is 1. The molecule has 3 nitrogen and oxygen atoms in total. The molecule has 4 heteroatoms. The van der Waals surface area contributed by atoms with Gasteiger partial charge in [-0.1, -0.05) is 31.2 Å². The Labute approximate surface area is 128 Å². The third-order valence-corrected chi connectivity index (χ3v) is 4.05. The lowest BCUT2D eigenvalue weighted by Crippen LogP contribution is -2.12. The molecule has 0 spiro atoms. The van der Waals surface area contributed by atoms with E-state index in [9.17, 15) is 9.18 Å².